The lowest BCUT2D eigenvalue weighted by Crippen LogP contribution is -2.53. The average molecular weight is 313 g/mol. The third kappa shape index (κ3) is 4.91. The van der Waals surface area contributed by atoms with E-state index in [1.807, 2.05) is 6.92 Å². The van der Waals surface area contributed by atoms with Crippen molar-refractivity contribution < 1.29 is 17.2 Å². The fraction of sp³-hybridized carbons (Fsp3) is 1.00. The molecule has 1 aliphatic heterocycles. The molecule has 1 N–H and O–H groups in total. The van der Waals surface area contributed by atoms with Crippen LogP contribution in [0, 0.1) is 0 Å². The van der Waals surface area contributed by atoms with E-state index < -0.39 is 23.2 Å². The molecule has 1 heterocycles. The smallest absolute Gasteiger partial charge is 0.282 e. The predicted octanol–water partition coefficient (Wildman–Crippen LogP) is 1.28. The molecule has 120 valence electrons. The molecule has 0 spiro atoms. The standard InChI is InChI=1S/C12H25F2N3O2S/c1-3-7-15-9-11-6-4-5-8-17(11)20(18,19)16(2)10-12(13)14/h11-12,15H,3-10H2,1-2H3. The summed E-state index contributed by atoms with van der Waals surface area (Å²) in [6, 6.07) is -0.138. The second-order valence-corrected chi connectivity index (χ2v) is 7.13. The lowest BCUT2D eigenvalue weighted by molar-refractivity contribution is 0.121. The molecule has 1 rings (SSSR count). The van der Waals surface area contributed by atoms with Crippen molar-refractivity contribution in [3.8, 4) is 0 Å². The summed E-state index contributed by atoms with van der Waals surface area (Å²) in [6.45, 7) is 3.11. The summed E-state index contributed by atoms with van der Waals surface area (Å²) in [6.07, 6.45) is 0.856. The van der Waals surface area contributed by atoms with E-state index >= 15 is 0 Å². The van der Waals surface area contributed by atoms with Crippen LogP contribution in [-0.4, -0.2) is 62.7 Å². The highest BCUT2D eigenvalue weighted by Crippen LogP contribution is 2.22. The molecule has 1 aliphatic rings. The van der Waals surface area contributed by atoms with Crippen LogP contribution in [0.15, 0.2) is 0 Å². The van der Waals surface area contributed by atoms with Gasteiger partial charge < -0.3 is 5.32 Å². The van der Waals surface area contributed by atoms with Crippen molar-refractivity contribution in [3.05, 3.63) is 0 Å². The highest BCUT2D eigenvalue weighted by Gasteiger charge is 2.35. The molecule has 0 radical (unpaired) electrons. The third-order valence-corrected chi connectivity index (χ3v) is 5.48. The Morgan fingerprint density at radius 3 is 2.70 bits per heavy atom. The molecule has 0 aromatic carbocycles. The molecule has 0 aliphatic carbocycles. The molecule has 5 nitrogen and oxygen atoms in total. The first kappa shape index (κ1) is 17.7. The number of nitrogens with zero attached hydrogens (tertiary/aromatic N) is 2. The van der Waals surface area contributed by atoms with E-state index in [1.54, 1.807) is 0 Å². The maximum atomic E-state index is 12.4. The van der Waals surface area contributed by atoms with Crippen molar-refractivity contribution in [2.45, 2.75) is 45.1 Å². The van der Waals surface area contributed by atoms with Gasteiger partial charge in [-0.2, -0.15) is 17.0 Å². The van der Waals surface area contributed by atoms with E-state index in [1.165, 1.54) is 11.4 Å². The van der Waals surface area contributed by atoms with Crippen LogP contribution >= 0.6 is 0 Å². The normalized spacial score (nSPS) is 21.8. The maximum Gasteiger partial charge on any atom is 0.282 e. The number of hydrogen-bond acceptors (Lipinski definition) is 3. The highest BCUT2D eigenvalue weighted by molar-refractivity contribution is 7.86. The molecular formula is C12H25F2N3O2S. The summed E-state index contributed by atoms with van der Waals surface area (Å²) >= 11 is 0. The third-order valence-electron chi connectivity index (χ3n) is 3.47. The minimum atomic E-state index is -3.80. The zero-order chi connectivity index (χ0) is 15.2. The Morgan fingerprint density at radius 1 is 1.40 bits per heavy atom. The van der Waals surface area contributed by atoms with Gasteiger partial charge in [-0.3, -0.25) is 0 Å². The van der Waals surface area contributed by atoms with Crippen LogP contribution in [0.5, 0.6) is 0 Å². The Bertz CT molecular complexity index is 379. The van der Waals surface area contributed by atoms with E-state index in [2.05, 4.69) is 5.32 Å². The van der Waals surface area contributed by atoms with Gasteiger partial charge in [-0.25, -0.2) is 8.78 Å². The van der Waals surface area contributed by atoms with E-state index in [9.17, 15) is 17.2 Å². The van der Waals surface area contributed by atoms with Gasteiger partial charge in [-0.05, 0) is 25.8 Å². The van der Waals surface area contributed by atoms with Crippen molar-refractivity contribution in [3.63, 3.8) is 0 Å². The van der Waals surface area contributed by atoms with Crippen molar-refractivity contribution in [2.24, 2.45) is 0 Å². The van der Waals surface area contributed by atoms with Crippen LogP contribution in [0.2, 0.25) is 0 Å². The minimum Gasteiger partial charge on any atom is -0.315 e. The molecule has 20 heavy (non-hydrogen) atoms. The lowest BCUT2D eigenvalue weighted by atomic mass is 10.1. The Hall–Kier alpha value is -0.310. The van der Waals surface area contributed by atoms with Gasteiger partial charge in [0.05, 0.1) is 6.54 Å². The predicted molar refractivity (Wildman–Crippen MR) is 75.1 cm³/mol. The van der Waals surface area contributed by atoms with E-state index in [0.717, 1.165) is 36.5 Å². The summed E-state index contributed by atoms with van der Waals surface area (Å²) in [7, 11) is -2.58. The monoisotopic (exact) mass is 313 g/mol. The number of piperidine rings is 1. The summed E-state index contributed by atoms with van der Waals surface area (Å²) in [5.41, 5.74) is 0. The molecule has 8 heteroatoms. The lowest BCUT2D eigenvalue weighted by Gasteiger charge is -2.37. The fourth-order valence-electron chi connectivity index (χ4n) is 2.39. The van der Waals surface area contributed by atoms with Gasteiger partial charge in [0.15, 0.2) is 0 Å². The van der Waals surface area contributed by atoms with Crippen molar-refractivity contribution >= 4 is 10.2 Å². The Kier molecular flexibility index (Phi) is 7.28. The minimum absolute atomic E-state index is 0.138. The number of rotatable bonds is 8. The highest BCUT2D eigenvalue weighted by atomic mass is 32.2. The van der Waals surface area contributed by atoms with Gasteiger partial charge in [0.25, 0.3) is 16.6 Å². The zero-order valence-corrected chi connectivity index (χ0v) is 13.0. The quantitative estimate of drug-likeness (QED) is 0.687. The summed E-state index contributed by atoms with van der Waals surface area (Å²) in [4.78, 5) is 0. The van der Waals surface area contributed by atoms with Crippen molar-refractivity contribution in [1.29, 1.82) is 0 Å². The molecule has 0 bridgehead atoms. The topological polar surface area (TPSA) is 52.7 Å². The average Bonchev–Trinajstić information content (AvgIpc) is 2.38. The fourth-order valence-corrected chi connectivity index (χ4v) is 3.97. The van der Waals surface area contributed by atoms with Crippen LogP contribution in [0.1, 0.15) is 32.6 Å². The van der Waals surface area contributed by atoms with Gasteiger partial charge in [-0.15, -0.1) is 0 Å². The SMILES string of the molecule is CCCNCC1CCCCN1S(=O)(=O)N(C)CC(F)F. The first-order valence-corrected chi connectivity index (χ1v) is 8.51. The second-order valence-electron chi connectivity index (χ2n) is 5.14. The van der Waals surface area contributed by atoms with E-state index in [-0.39, 0.29) is 6.04 Å². The van der Waals surface area contributed by atoms with Gasteiger partial charge in [0.1, 0.15) is 0 Å². The second kappa shape index (κ2) is 8.21. The van der Waals surface area contributed by atoms with Gasteiger partial charge in [0, 0.05) is 26.2 Å². The Morgan fingerprint density at radius 2 is 2.10 bits per heavy atom. The van der Waals surface area contributed by atoms with Crippen LogP contribution < -0.4 is 5.32 Å². The van der Waals surface area contributed by atoms with Gasteiger partial charge in [-0.1, -0.05) is 13.3 Å². The van der Waals surface area contributed by atoms with Crippen LogP contribution in [-0.2, 0) is 10.2 Å². The number of hydrogen-bond donors (Lipinski definition) is 1. The van der Waals surface area contributed by atoms with Gasteiger partial charge in [0.2, 0.25) is 0 Å². The molecule has 0 amide bonds. The first-order valence-electron chi connectivity index (χ1n) is 7.11. The molecule has 1 saturated heterocycles. The van der Waals surface area contributed by atoms with Crippen molar-refractivity contribution in [1.82, 2.24) is 13.9 Å². The molecule has 0 aromatic heterocycles. The molecule has 1 atom stereocenters. The van der Waals surface area contributed by atoms with E-state index in [0.29, 0.717) is 13.1 Å². The van der Waals surface area contributed by atoms with Crippen LogP contribution in [0.4, 0.5) is 8.78 Å². The molecule has 1 fully saturated rings. The number of alkyl halides is 2. The first-order chi connectivity index (χ1) is 9.39. The maximum absolute atomic E-state index is 12.4. The summed E-state index contributed by atoms with van der Waals surface area (Å²) < 4.78 is 51.6. The van der Waals surface area contributed by atoms with Crippen LogP contribution in [0.25, 0.3) is 0 Å². The summed E-state index contributed by atoms with van der Waals surface area (Å²) in [5.74, 6) is 0. The molecule has 0 aromatic rings. The summed E-state index contributed by atoms with van der Waals surface area (Å²) in [5, 5.41) is 3.21. The Labute approximate surface area is 120 Å². The zero-order valence-electron chi connectivity index (χ0n) is 12.2. The van der Waals surface area contributed by atoms with E-state index in [4.69, 9.17) is 0 Å². The number of nitrogens with one attached hydrogen (secondary N) is 1. The van der Waals surface area contributed by atoms with Crippen molar-refractivity contribution in [2.75, 3.05) is 33.2 Å². The largest absolute Gasteiger partial charge is 0.315 e. The number of halogens is 2. The van der Waals surface area contributed by atoms with Gasteiger partial charge >= 0.3 is 0 Å². The Balaban J connectivity index is 2.72. The molecule has 1 unspecified atom stereocenters. The molecular weight excluding hydrogens is 288 g/mol. The molecule has 0 saturated carbocycles. The van der Waals surface area contributed by atoms with Crippen LogP contribution in [0.3, 0.4) is 0 Å².